The van der Waals surface area contributed by atoms with Crippen LogP contribution in [0.25, 0.3) is 11.4 Å². The molecule has 5 nitrogen and oxygen atoms in total. The molecule has 0 saturated carbocycles. The van der Waals surface area contributed by atoms with Gasteiger partial charge in [-0.05, 0) is 44.0 Å². The average molecular weight is 347 g/mol. The standard InChI is InChI=1S/C18H23ClN4O/c1-12(2)11-23-9-5-13(6-10-23)16-15(19)18(24)22-17(21-16)14-3-7-20-8-4-14/h3-4,7-8,12-13H,5-6,9-11H2,1-2H3,(H,21,22,24). The van der Waals surface area contributed by atoms with E-state index in [1.807, 2.05) is 12.1 Å². The van der Waals surface area contributed by atoms with Crippen LogP contribution in [0.5, 0.6) is 0 Å². The Bertz CT molecular complexity index is 736. The normalized spacial score (nSPS) is 16.7. The average Bonchev–Trinajstić information content (AvgIpc) is 2.58. The Labute approximate surface area is 147 Å². The molecule has 3 rings (SSSR count). The third kappa shape index (κ3) is 3.84. The summed E-state index contributed by atoms with van der Waals surface area (Å²) in [5.41, 5.74) is 1.31. The van der Waals surface area contributed by atoms with E-state index < -0.39 is 0 Å². The lowest BCUT2D eigenvalue weighted by Crippen LogP contribution is -2.36. The maximum atomic E-state index is 12.2. The van der Waals surface area contributed by atoms with Crippen LogP contribution >= 0.6 is 11.6 Å². The van der Waals surface area contributed by atoms with Gasteiger partial charge in [0, 0.05) is 30.4 Å². The first-order valence-electron chi connectivity index (χ1n) is 8.47. The fraction of sp³-hybridized carbons (Fsp3) is 0.500. The molecule has 2 aromatic rings. The van der Waals surface area contributed by atoms with Crippen molar-refractivity contribution in [1.29, 1.82) is 0 Å². The van der Waals surface area contributed by atoms with Crippen LogP contribution in [-0.4, -0.2) is 39.5 Å². The summed E-state index contributed by atoms with van der Waals surface area (Å²) in [5, 5.41) is 0.232. The van der Waals surface area contributed by atoms with Crippen molar-refractivity contribution in [3.8, 4) is 11.4 Å². The number of hydrogen-bond donors (Lipinski definition) is 1. The van der Waals surface area contributed by atoms with Gasteiger partial charge in [-0.15, -0.1) is 0 Å². The van der Waals surface area contributed by atoms with Crippen molar-refractivity contribution in [3.63, 3.8) is 0 Å². The predicted molar refractivity (Wildman–Crippen MR) is 96.4 cm³/mol. The summed E-state index contributed by atoms with van der Waals surface area (Å²) < 4.78 is 0. The number of rotatable bonds is 4. The largest absolute Gasteiger partial charge is 0.305 e. The fourth-order valence-electron chi connectivity index (χ4n) is 3.30. The lowest BCUT2D eigenvalue weighted by Gasteiger charge is -2.32. The highest BCUT2D eigenvalue weighted by molar-refractivity contribution is 6.31. The van der Waals surface area contributed by atoms with Crippen LogP contribution in [0.15, 0.2) is 29.3 Å². The maximum Gasteiger partial charge on any atom is 0.270 e. The van der Waals surface area contributed by atoms with Crippen molar-refractivity contribution in [1.82, 2.24) is 19.9 Å². The summed E-state index contributed by atoms with van der Waals surface area (Å²) in [5.74, 6) is 1.47. The van der Waals surface area contributed by atoms with Gasteiger partial charge in [0.1, 0.15) is 10.8 Å². The number of piperidine rings is 1. The van der Waals surface area contributed by atoms with Crippen LogP contribution in [0.3, 0.4) is 0 Å². The van der Waals surface area contributed by atoms with E-state index in [0.717, 1.165) is 43.7 Å². The quantitative estimate of drug-likeness (QED) is 0.922. The minimum absolute atomic E-state index is 0.232. The zero-order chi connectivity index (χ0) is 17.1. The molecule has 1 aliphatic heterocycles. The van der Waals surface area contributed by atoms with E-state index in [9.17, 15) is 4.79 Å². The minimum Gasteiger partial charge on any atom is -0.305 e. The summed E-state index contributed by atoms with van der Waals surface area (Å²) in [6.07, 6.45) is 5.35. The molecular formula is C18H23ClN4O. The van der Waals surface area contributed by atoms with Gasteiger partial charge in [-0.3, -0.25) is 9.78 Å². The topological polar surface area (TPSA) is 61.9 Å². The molecule has 128 valence electrons. The number of nitrogens with one attached hydrogen (secondary N) is 1. The Hall–Kier alpha value is -1.72. The second-order valence-electron chi connectivity index (χ2n) is 6.82. The molecule has 1 saturated heterocycles. The van der Waals surface area contributed by atoms with Gasteiger partial charge in [-0.2, -0.15) is 0 Å². The molecule has 6 heteroatoms. The van der Waals surface area contributed by atoms with E-state index in [1.165, 1.54) is 0 Å². The van der Waals surface area contributed by atoms with Crippen LogP contribution in [-0.2, 0) is 0 Å². The molecule has 0 atom stereocenters. The molecule has 2 aromatic heterocycles. The summed E-state index contributed by atoms with van der Waals surface area (Å²) in [7, 11) is 0. The highest BCUT2D eigenvalue weighted by Crippen LogP contribution is 2.31. The zero-order valence-corrected chi connectivity index (χ0v) is 14.9. The van der Waals surface area contributed by atoms with Gasteiger partial charge >= 0.3 is 0 Å². The van der Waals surface area contributed by atoms with Gasteiger partial charge in [0.2, 0.25) is 0 Å². The molecule has 0 unspecified atom stereocenters. The Balaban J connectivity index is 1.84. The highest BCUT2D eigenvalue weighted by Gasteiger charge is 2.25. The monoisotopic (exact) mass is 346 g/mol. The molecular weight excluding hydrogens is 324 g/mol. The SMILES string of the molecule is CC(C)CN1CCC(c2nc(-c3ccncc3)[nH]c(=O)c2Cl)CC1. The lowest BCUT2D eigenvalue weighted by atomic mass is 9.92. The predicted octanol–water partition coefficient (Wildman–Crippen LogP) is 3.32. The van der Waals surface area contributed by atoms with Crippen molar-refractivity contribution in [2.24, 2.45) is 5.92 Å². The van der Waals surface area contributed by atoms with E-state index in [1.54, 1.807) is 12.4 Å². The van der Waals surface area contributed by atoms with Gasteiger partial charge in [-0.25, -0.2) is 4.98 Å². The molecule has 24 heavy (non-hydrogen) atoms. The smallest absolute Gasteiger partial charge is 0.270 e. The Kier molecular flexibility index (Phi) is 5.31. The minimum atomic E-state index is -0.266. The van der Waals surface area contributed by atoms with E-state index in [0.29, 0.717) is 11.7 Å². The van der Waals surface area contributed by atoms with Crippen molar-refractivity contribution in [2.45, 2.75) is 32.6 Å². The lowest BCUT2D eigenvalue weighted by molar-refractivity contribution is 0.191. The molecule has 3 heterocycles. The van der Waals surface area contributed by atoms with Gasteiger partial charge in [0.05, 0.1) is 5.69 Å². The van der Waals surface area contributed by atoms with Gasteiger partial charge in [-0.1, -0.05) is 25.4 Å². The Morgan fingerprint density at radius 1 is 1.29 bits per heavy atom. The van der Waals surface area contributed by atoms with Gasteiger partial charge < -0.3 is 9.88 Å². The Morgan fingerprint density at radius 3 is 2.58 bits per heavy atom. The third-order valence-electron chi connectivity index (χ3n) is 4.44. The van der Waals surface area contributed by atoms with E-state index >= 15 is 0 Å². The van der Waals surface area contributed by atoms with Crippen molar-refractivity contribution in [2.75, 3.05) is 19.6 Å². The number of likely N-dealkylation sites (tertiary alicyclic amines) is 1. The number of hydrogen-bond acceptors (Lipinski definition) is 4. The highest BCUT2D eigenvalue weighted by atomic mass is 35.5. The summed E-state index contributed by atoms with van der Waals surface area (Å²) in [4.78, 5) is 26.2. The van der Waals surface area contributed by atoms with Crippen LogP contribution in [0.1, 0.15) is 38.3 Å². The number of pyridine rings is 1. The van der Waals surface area contributed by atoms with Gasteiger partial charge in [0.15, 0.2) is 0 Å². The summed E-state index contributed by atoms with van der Waals surface area (Å²) >= 11 is 6.27. The summed E-state index contributed by atoms with van der Waals surface area (Å²) in [6, 6.07) is 3.67. The zero-order valence-electron chi connectivity index (χ0n) is 14.1. The van der Waals surface area contributed by atoms with E-state index in [4.69, 9.17) is 11.6 Å². The molecule has 0 spiro atoms. The Morgan fingerprint density at radius 2 is 1.96 bits per heavy atom. The third-order valence-corrected chi connectivity index (χ3v) is 4.81. The molecule has 1 fully saturated rings. The van der Waals surface area contributed by atoms with Gasteiger partial charge in [0.25, 0.3) is 5.56 Å². The van der Waals surface area contributed by atoms with Crippen LogP contribution in [0.4, 0.5) is 0 Å². The molecule has 0 aliphatic carbocycles. The van der Waals surface area contributed by atoms with Crippen LogP contribution in [0, 0.1) is 5.92 Å². The molecule has 0 bridgehead atoms. The molecule has 0 radical (unpaired) electrons. The fourth-order valence-corrected chi connectivity index (χ4v) is 3.54. The first-order valence-corrected chi connectivity index (χ1v) is 8.85. The number of aromatic nitrogens is 3. The number of H-pyrrole nitrogens is 1. The van der Waals surface area contributed by atoms with E-state index in [2.05, 4.69) is 33.7 Å². The second kappa shape index (κ2) is 7.45. The van der Waals surface area contributed by atoms with Crippen LogP contribution < -0.4 is 5.56 Å². The first kappa shape index (κ1) is 17.1. The maximum absolute atomic E-state index is 12.2. The first-order chi connectivity index (χ1) is 11.5. The molecule has 1 N–H and O–H groups in total. The number of nitrogens with zero attached hydrogens (tertiary/aromatic N) is 3. The van der Waals surface area contributed by atoms with E-state index in [-0.39, 0.29) is 16.5 Å². The van der Waals surface area contributed by atoms with Crippen LogP contribution in [0.2, 0.25) is 5.02 Å². The van der Waals surface area contributed by atoms with Crippen molar-refractivity contribution in [3.05, 3.63) is 45.6 Å². The molecule has 0 aromatic carbocycles. The number of halogens is 1. The molecule has 1 aliphatic rings. The molecule has 0 amide bonds. The van der Waals surface area contributed by atoms with Crippen molar-refractivity contribution >= 4 is 11.6 Å². The second-order valence-corrected chi connectivity index (χ2v) is 7.20. The number of aromatic amines is 1. The van der Waals surface area contributed by atoms with Crippen molar-refractivity contribution < 1.29 is 0 Å². The summed E-state index contributed by atoms with van der Waals surface area (Å²) in [6.45, 7) is 7.65.